The second-order valence-corrected chi connectivity index (χ2v) is 13.6. The van der Waals surface area contributed by atoms with Gasteiger partial charge >= 0.3 is 6.18 Å². The molecule has 246 valence electrons. The van der Waals surface area contributed by atoms with Crippen molar-refractivity contribution in [3.05, 3.63) is 101 Å². The average molecular weight is 641 g/mol. The summed E-state index contributed by atoms with van der Waals surface area (Å²) in [5, 5.41) is 4.15. The van der Waals surface area contributed by atoms with E-state index in [1.54, 1.807) is 6.07 Å². The topological polar surface area (TPSA) is 48.5 Å². The van der Waals surface area contributed by atoms with E-state index < -0.39 is 17.3 Å². The molecule has 4 aromatic rings. The fourth-order valence-electron chi connectivity index (χ4n) is 7.76. The Balaban J connectivity index is 1.33. The van der Waals surface area contributed by atoms with Crippen molar-refractivity contribution in [1.29, 1.82) is 0 Å². The minimum atomic E-state index is -4.49. The van der Waals surface area contributed by atoms with Gasteiger partial charge in [0.2, 0.25) is 0 Å². The molecule has 8 heteroatoms. The fourth-order valence-corrected chi connectivity index (χ4v) is 7.76. The number of carbonyl (C=O) groups is 1. The van der Waals surface area contributed by atoms with E-state index in [1.807, 2.05) is 43.3 Å². The molecule has 3 fully saturated rings. The molecule has 0 atom stereocenters. The molecule has 47 heavy (non-hydrogen) atoms. The van der Waals surface area contributed by atoms with Crippen LogP contribution in [0.15, 0.2) is 72.8 Å². The third kappa shape index (κ3) is 6.55. The second kappa shape index (κ2) is 13.0. The lowest BCUT2D eigenvalue weighted by molar-refractivity contribution is -0.137. The first-order chi connectivity index (χ1) is 22.8. The molecular formula is C39H43F3N4O. The largest absolute Gasteiger partial charge is 0.416 e. The van der Waals surface area contributed by atoms with Gasteiger partial charge in [0.15, 0.2) is 0 Å². The van der Waals surface area contributed by atoms with Gasteiger partial charge in [-0.1, -0.05) is 74.0 Å². The van der Waals surface area contributed by atoms with E-state index in [0.29, 0.717) is 46.9 Å². The highest BCUT2D eigenvalue weighted by atomic mass is 19.4. The number of hydrogen-bond donors (Lipinski definition) is 1. The molecular weight excluding hydrogens is 597 g/mol. The maximum absolute atomic E-state index is 14.7. The Morgan fingerprint density at radius 1 is 0.915 bits per heavy atom. The van der Waals surface area contributed by atoms with Gasteiger partial charge in [-0.05, 0) is 94.4 Å². The number of aromatic nitrogens is 1. The number of carbonyl (C=O) groups excluding carboxylic acids is 1. The number of likely N-dealkylation sites (tertiary alicyclic amines) is 2. The van der Waals surface area contributed by atoms with E-state index in [2.05, 4.69) is 27.2 Å². The van der Waals surface area contributed by atoms with Crippen LogP contribution in [0.1, 0.15) is 84.5 Å². The van der Waals surface area contributed by atoms with Crippen molar-refractivity contribution in [2.45, 2.75) is 82.6 Å². The monoisotopic (exact) mass is 640 g/mol. The fraction of sp³-hybridized carbons (Fsp3) is 0.436. The Hall–Kier alpha value is -3.75. The first-order valence-corrected chi connectivity index (χ1v) is 17.2. The van der Waals surface area contributed by atoms with E-state index in [0.717, 1.165) is 74.4 Å². The van der Waals surface area contributed by atoms with Crippen LogP contribution in [0, 0.1) is 0 Å². The van der Waals surface area contributed by atoms with Gasteiger partial charge in [0.05, 0.1) is 27.9 Å². The lowest BCUT2D eigenvalue weighted by atomic mass is 9.92. The molecule has 1 saturated carbocycles. The standard InChI is InChI=1S/C39H43F3N4O/c1-2-27-11-10-16-32-34(37(47)44-38(19-20-38)29-13-5-3-6-14-29)33(26-45-23-17-31(18-24-45)46-21-7-4-8-22-46)36(43-35(27)32)28-12-9-15-30(25-28)39(40,41)42/h3,5-6,9-16,25,31H,2,4,7-8,17-24,26H2,1H3,(H,44,47). The Bertz CT molecular complexity index is 1740. The van der Waals surface area contributed by atoms with E-state index in [9.17, 15) is 18.0 Å². The Labute approximate surface area is 275 Å². The van der Waals surface area contributed by atoms with Gasteiger partial charge in [0.1, 0.15) is 0 Å². The number of alkyl halides is 3. The molecule has 1 aromatic heterocycles. The molecule has 3 aliphatic rings. The highest BCUT2D eigenvalue weighted by Crippen LogP contribution is 2.46. The summed E-state index contributed by atoms with van der Waals surface area (Å²) in [6.45, 7) is 6.53. The predicted octanol–water partition coefficient (Wildman–Crippen LogP) is 8.35. The zero-order valence-corrected chi connectivity index (χ0v) is 27.1. The lowest BCUT2D eigenvalue weighted by Gasteiger charge is -2.40. The van der Waals surface area contributed by atoms with Crippen LogP contribution in [0.3, 0.4) is 0 Å². The molecule has 0 spiro atoms. The summed E-state index contributed by atoms with van der Waals surface area (Å²) in [7, 11) is 0. The molecule has 1 amide bonds. The number of piperidine rings is 2. The number of nitrogens with zero attached hydrogens (tertiary/aromatic N) is 3. The highest BCUT2D eigenvalue weighted by Gasteiger charge is 2.46. The average Bonchev–Trinajstić information content (AvgIpc) is 3.88. The van der Waals surface area contributed by atoms with E-state index in [1.165, 1.54) is 31.4 Å². The predicted molar refractivity (Wildman–Crippen MR) is 180 cm³/mol. The molecule has 2 saturated heterocycles. The Morgan fingerprint density at radius 3 is 2.32 bits per heavy atom. The molecule has 2 aliphatic heterocycles. The number of fused-ring (bicyclic) bond motifs is 1. The van der Waals surface area contributed by atoms with Gasteiger partial charge in [-0.25, -0.2) is 4.98 Å². The molecule has 0 unspecified atom stereocenters. The van der Waals surface area contributed by atoms with Crippen LogP contribution in [0.25, 0.3) is 22.2 Å². The van der Waals surface area contributed by atoms with E-state index >= 15 is 0 Å². The number of hydrogen-bond acceptors (Lipinski definition) is 4. The van der Waals surface area contributed by atoms with Gasteiger partial charge in [-0.3, -0.25) is 9.69 Å². The maximum atomic E-state index is 14.7. The van der Waals surface area contributed by atoms with Crippen molar-refractivity contribution < 1.29 is 18.0 Å². The first kappa shape index (κ1) is 31.8. The lowest BCUT2D eigenvalue weighted by Crippen LogP contribution is -2.46. The SMILES string of the molecule is CCc1cccc2c(C(=O)NC3(c4ccccc4)CC3)c(CN3CCC(N4CCCCC4)CC3)c(-c3cccc(C(F)(F)F)c3)nc12. The Morgan fingerprint density at radius 2 is 1.64 bits per heavy atom. The van der Waals surface area contributed by atoms with Crippen molar-refractivity contribution >= 4 is 16.8 Å². The number of rotatable bonds is 8. The molecule has 5 nitrogen and oxygen atoms in total. The summed E-state index contributed by atoms with van der Waals surface area (Å²) in [6.07, 6.45) is 3.77. The summed E-state index contributed by atoms with van der Waals surface area (Å²) >= 11 is 0. The number of aryl methyl sites for hydroxylation is 1. The molecule has 1 N–H and O–H groups in total. The number of halogens is 3. The molecule has 0 bridgehead atoms. The third-order valence-corrected chi connectivity index (χ3v) is 10.5. The number of para-hydroxylation sites is 1. The summed E-state index contributed by atoms with van der Waals surface area (Å²) in [5.41, 5.74) is 3.59. The van der Waals surface area contributed by atoms with Crippen molar-refractivity contribution in [3.63, 3.8) is 0 Å². The quantitative estimate of drug-likeness (QED) is 0.210. The summed E-state index contributed by atoms with van der Waals surface area (Å²) < 4.78 is 42.0. The summed E-state index contributed by atoms with van der Waals surface area (Å²) in [4.78, 5) is 24.8. The number of pyridine rings is 1. The molecule has 3 aromatic carbocycles. The van der Waals surface area contributed by atoms with Gasteiger partial charge in [-0.2, -0.15) is 13.2 Å². The molecule has 0 radical (unpaired) electrons. The van der Waals surface area contributed by atoms with E-state index in [4.69, 9.17) is 4.98 Å². The molecule has 3 heterocycles. The maximum Gasteiger partial charge on any atom is 0.416 e. The van der Waals surface area contributed by atoms with Gasteiger partial charge in [-0.15, -0.1) is 0 Å². The van der Waals surface area contributed by atoms with Crippen LogP contribution in [-0.4, -0.2) is 52.9 Å². The number of nitrogens with one attached hydrogen (secondary N) is 1. The third-order valence-electron chi connectivity index (χ3n) is 10.5. The van der Waals surface area contributed by atoms with Crippen LogP contribution >= 0.6 is 0 Å². The Kier molecular flexibility index (Phi) is 8.83. The minimum Gasteiger partial charge on any atom is -0.342 e. The van der Waals surface area contributed by atoms with Gasteiger partial charge in [0, 0.05) is 29.1 Å². The summed E-state index contributed by atoms with van der Waals surface area (Å²) in [6, 6.07) is 21.9. The van der Waals surface area contributed by atoms with Crippen molar-refractivity contribution in [1.82, 2.24) is 20.1 Å². The normalized spacial score (nSPS) is 19.1. The van der Waals surface area contributed by atoms with Crippen LogP contribution in [0.4, 0.5) is 13.2 Å². The van der Waals surface area contributed by atoms with Gasteiger partial charge < -0.3 is 10.2 Å². The summed E-state index contributed by atoms with van der Waals surface area (Å²) in [5.74, 6) is -0.196. The number of amides is 1. The smallest absolute Gasteiger partial charge is 0.342 e. The van der Waals surface area contributed by atoms with Crippen LogP contribution < -0.4 is 5.32 Å². The molecule has 1 aliphatic carbocycles. The van der Waals surface area contributed by atoms with E-state index in [-0.39, 0.29) is 5.91 Å². The highest BCUT2D eigenvalue weighted by molar-refractivity contribution is 6.10. The van der Waals surface area contributed by atoms with Crippen molar-refractivity contribution in [3.8, 4) is 11.3 Å². The molecule has 7 rings (SSSR count). The number of benzene rings is 3. The van der Waals surface area contributed by atoms with Crippen LogP contribution in [0.2, 0.25) is 0 Å². The zero-order chi connectivity index (χ0) is 32.6. The van der Waals surface area contributed by atoms with Crippen molar-refractivity contribution in [2.75, 3.05) is 26.2 Å². The second-order valence-electron chi connectivity index (χ2n) is 13.6. The van der Waals surface area contributed by atoms with Gasteiger partial charge in [0.25, 0.3) is 5.91 Å². The first-order valence-electron chi connectivity index (χ1n) is 17.2. The van der Waals surface area contributed by atoms with Crippen LogP contribution in [0.5, 0.6) is 0 Å². The van der Waals surface area contributed by atoms with Crippen molar-refractivity contribution in [2.24, 2.45) is 0 Å². The zero-order valence-electron chi connectivity index (χ0n) is 27.1. The van der Waals surface area contributed by atoms with Crippen LogP contribution in [-0.2, 0) is 24.7 Å². The minimum absolute atomic E-state index is 0.196.